The van der Waals surface area contributed by atoms with Crippen LogP contribution >= 0.6 is 0 Å². The standard InChI is InChI=1S/C16H24N2O2/c1-13-4-6-14(7-5-13)8-11-17-15(19)18-12-16(20)9-2-3-10-16/h4-7,20H,2-3,8-12H2,1H3,(H2,17,18,19). The fourth-order valence-corrected chi connectivity index (χ4v) is 2.59. The predicted molar refractivity (Wildman–Crippen MR) is 79.7 cm³/mol. The number of carbonyl (C=O) groups is 1. The molecule has 2 amide bonds. The van der Waals surface area contributed by atoms with E-state index in [0.29, 0.717) is 13.1 Å². The van der Waals surface area contributed by atoms with Gasteiger partial charge in [0.05, 0.1) is 5.60 Å². The number of benzene rings is 1. The zero-order chi connectivity index (χ0) is 14.4. The fourth-order valence-electron chi connectivity index (χ4n) is 2.59. The van der Waals surface area contributed by atoms with Gasteiger partial charge >= 0.3 is 6.03 Å². The minimum atomic E-state index is -0.686. The van der Waals surface area contributed by atoms with Gasteiger partial charge < -0.3 is 15.7 Å². The second kappa shape index (κ2) is 6.75. The molecule has 110 valence electrons. The van der Waals surface area contributed by atoms with E-state index in [-0.39, 0.29) is 6.03 Å². The second-order valence-electron chi connectivity index (χ2n) is 5.78. The van der Waals surface area contributed by atoms with E-state index >= 15 is 0 Å². The zero-order valence-corrected chi connectivity index (χ0v) is 12.1. The molecule has 0 spiro atoms. The van der Waals surface area contributed by atoms with Crippen LogP contribution in [-0.2, 0) is 6.42 Å². The topological polar surface area (TPSA) is 61.4 Å². The van der Waals surface area contributed by atoms with Gasteiger partial charge in [-0.15, -0.1) is 0 Å². The van der Waals surface area contributed by atoms with E-state index < -0.39 is 5.60 Å². The van der Waals surface area contributed by atoms with Crippen molar-refractivity contribution >= 4 is 6.03 Å². The summed E-state index contributed by atoms with van der Waals surface area (Å²) in [5.74, 6) is 0. The minimum Gasteiger partial charge on any atom is -0.388 e. The van der Waals surface area contributed by atoms with Gasteiger partial charge in [-0.25, -0.2) is 4.79 Å². The van der Waals surface area contributed by atoms with Crippen molar-refractivity contribution in [3.63, 3.8) is 0 Å². The van der Waals surface area contributed by atoms with Gasteiger partial charge in [0.1, 0.15) is 0 Å². The SMILES string of the molecule is Cc1ccc(CCNC(=O)NCC2(O)CCCC2)cc1. The molecule has 4 heteroatoms. The molecule has 3 N–H and O–H groups in total. The molecule has 0 atom stereocenters. The summed E-state index contributed by atoms with van der Waals surface area (Å²) in [4.78, 5) is 11.7. The van der Waals surface area contributed by atoms with Gasteiger partial charge in [0.2, 0.25) is 0 Å². The average molecular weight is 276 g/mol. The Balaban J connectivity index is 1.64. The molecule has 0 aromatic heterocycles. The molecular formula is C16H24N2O2. The van der Waals surface area contributed by atoms with Crippen LogP contribution in [0.5, 0.6) is 0 Å². The van der Waals surface area contributed by atoms with Gasteiger partial charge in [0, 0.05) is 13.1 Å². The van der Waals surface area contributed by atoms with Crippen molar-refractivity contribution in [2.24, 2.45) is 0 Å². The number of urea groups is 1. The van der Waals surface area contributed by atoms with Crippen LogP contribution in [0.2, 0.25) is 0 Å². The number of amides is 2. The molecule has 1 fully saturated rings. The Morgan fingerprint density at radius 3 is 2.50 bits per heavy atom. The number of carbonyl (C=O) groups excluding carboxylic acids is 1. The molecule has 1 aliphatic rings. The van der Waals surface area contributed by atoms with Crippen LogP contribution in [0.1, 0.15) is 36.8 Å². The first kappa shape index (κ1) is 14.9. The lowest BCUT2D eigenvalue weighted by atomic mass is 10.0. The smallest absolute Gasteiger partial charge is 0.314 e. The van der Waals surface area contributed by atoms with E-state index in [4.69, 9.17) is 0 Å². The number of hydrogen-bond donors (Lipinski definition) is 3. The van der Waals surface area contributed by atoms with Crippen molar-refractivity contribution in [1.82, 2.24) is 10.6 Å². The monoisotopic (exact) mass is 276 g/mol. The van der Waals surface area contributed by atoms with Crippen LogP contribution < -0.4 is 10.6 Å². The van der Waals surface area contributed by atoms with Gasteiger partial charge in [-0.1, -0.05) is 42.7 Å². The molecule has 1 aromatic carbocycles. The van der Waals surface area contributed by atoms with Crippen molar-refractivity contribution in [3.8, 4) is 0 Å². The van der Waals surface area contributed by atoms with Crippen LogP contribution in [0.15, 0.2) is 24.3 Å². The van der Waals surface area contributed by atoms with E-state index in [1.807, 2.05) is 0 Å². The lowest BCUT2D eigenvalue weighted by Crippen LogP contribution is -2.45. The highest BCUT2D eigenvalue weighted by Gasteiger charge is 2.31. The summed E-state index contributed by atoms with van der Waals surface area (Å²) in [6.45, 7) is 3.01. The zero-order valence-electron chi connectivity index (χ0n) is 12.1. The van der Waals surface area contributed by atoms with E-state index in [9.17, 15) is 9.90 Å². The maximum atomic E-state index is 11.7. The van der Waals surface area contributed by atoms with E-state index in [0.717, 1.165) is 32.1 Å². The quantitative estimate of drug-likeness (QED) is 0.771. The fraction of sp³-hybridized carbons (Fsp3) is 0.562. The normalized spacial score (nSPS) is 16.9. The Bertz CT molecular complexity index is 436. The molecular weight excluding hydrogens is 252 g/mol. The Kier molecular flexibility index (Phi) is 5.01. The molecule has 4 nitrogen and oxygen atoms in total. The molecule has 20 heavy (non-hydrogen) atoms. The lowest BCUT2D eigenvalue weighted by Gasteiger charge is -2.22. The van der Waals surface area contributed by atoms with E-state index in [1.54, 1.807) is 0 Å². The summed E-state index contributed by atoms with van der Waals surface area (Å²) in [5, 5.41) is 15.7. The summed E-state index contributed by atoms with van der Waals surface area (Å²) in [7, 11) is 0. The van der Waals surface area contributed by atoms with Crippen LogP contribution in [0.3, 0.4) is 0 Å². The summed E-state index contributed by atoms with van der Waals surface area (Å²) >= 11 is 0. The summed E-state index contributed by atoms with van der Waals surface area (Å²) in [6, 6.07) is 8.11. The first-order chi connectivity index (χ1) is 9.57. The van der Waals surface area contributed by atoms with Crippen molar-refractivity contribution < 1.29 is 9.90 Å². The van der Waals surface area contributed by atoms with Crippen molar-refractivity contribution in [1.29, 1.82) is 0 Å². The molecule has 1 aromatic rings. The molecule has 1 aliphatic carbocycles. The molecule has 1 saturated carbocycles. The highest BCUT2D eigenvalue weighted by Crippen LogP contribution is 2.28. The predicted octanol–water partition coefficient (Wildman–Crippen LogP) is 2.14. The number of hydrogen-bond acceptors (Lipinski definition) is 2. The third-order valence-corrected chi connectivity index (χ3v) is 3.93. The van der Waals surface area contributed by atoms with Crippen LogP contribution in [0.25, 0.3) is 0 Å². The Morgan fingerprint density at radius 2 is 1.85 bits per heavy atom. The Morgan fingerprint density at radius 1 is 1.20 bits per heavy atom. The minimum absolute atomic E-state index is 0.197. The molecule has 0 bridgehead atoms. The largest absolute Gasteiger partial charge is 0.388 e. The van der Waals surface area contributed by atoms with Gasteiger partial charge in [0.15, 0.2) is 0 Å². The van der Waals surface area contributed by atoms with E-state index in [2.05, 4.69) is 41.8 Å². The van der Waals surface area contributed by atoms with Crippen LogP contribution in [0.4, 0.5) is 4.79 Å². The lowest BCUT2D eigenvalue weighted by molar-refractivity contribution is 0.0501. The van der Waals surface area contributed by atoms with Gasteiger partial charge in [0.25, 0.3) is 0 Å². The number of rotatable bonds is 5. The third kappa shape index (κ3) is 4.53. The first-order valence-electron chi connectivity index (χ1n) is 7.37. The van der Waals surface area contributed by atoms with Crippen molar-refractivity contribution in [2.45, 2.75) is 44.6 Å². The first-order valence-corrected chi connectivity index (χ1v) is 7.37. The van der Waals surface area contributed by atoms with Crippen LogP contribution in [0, 0.1) is 6.92 Å². The molecule has 0 unspecified atom stereocenters. The van der Waals surface area contributed by atoms with Crippen LogP contribution in [-0.4, -0.2) is 29.8 Å². The highest BCUT2D eigenvalue weighted by atomic mass is 16.3. The molecule has 2 rings (SSSR count). The summed E-state index contributed by atoms with van der Waals surface area (Å²) in [5.41, 5.74) is 1.77. The molecule has 0 heterocycles. The van der Waals surface area contributed by atoms with E-state index in [1.165, 1.54) is 11.1 Å². The highest BCUT2D eigenvalue weighted by molar-refractivity contribution is 5.73. The Hall–Kier alpha value is -1.55. The third-order valence-electron chi connectivity index (χ3n) is 3.93. The molecule has 0 aliphatic heterocycles. The van der Waals surface area contributed by atoms with Gasteiger partial charge in [-0.2, -0.15) is 0 Å². The van der Waals surface area contributed by atoms with Crippen molar-refractivity contribution in [2.75, 3.05) is 13.1 Å². The van der Waals surface area contributed by atoms with Crippen molar-refractivity contribution in [3.05, 3.63) is 35.4 Å². The second-order valence-corrected chi connectivity index (χ2v) is 5.78. The average Bonchev–Trinajstić information content (AvgIpc) is 2.86. The summed E-state index contributed by atoms with van der Waals surface area (Å²) < 4.78 is 0. The van der Waals surface area contributed by atoms with Gasteiger partial charge in [-0.05, 0) is 31.7 Å². The number of aryl methyl sites for hydroxylation is 1. The molecule has 0 saturated heterocycles. The number of aliphatic hydroxyl groups is 1. The number of nitrogens with one attached hydrogen (secondary N) is 2. The van der Waals surface area contributed by atoms with Gasteiger partial charge in [-0.3, -0.25) is 0 Å². The maximum absolute atomic E-state index is 11.7. The summed E-state index contributed by atoms with van der Waals surface area (Å²) in [6.07, 6.45) is 4.49. The molecule has 0 radical (unpaired) electrons. The maximum Gasteiger partial charge on any atom is 0.314 e. The Labute approximate surface area is 120 Å².